The summed E-state index contributed by atoms with van der Waals surface area (Å²) in [6.45, 7) is 0. The molecule has 29 heavy (non-hydrogen) atoms. The first-order valence-corrected chi connectivity index (χ1v) is 10.3. The summed E-state index contributed by atoms with van der Waals surface area (Å²) in [7, 11) is 0. The van der Waals surface area contributed by atoms with E-state index in [0.29, 0.717) is 0 Å². The van der Waals surface area contributed by atoms with Crippen molar-refractivity contribution in [3.05, 3.63) is 108 Å². The number of hydrogen-bond acceptors (Lipinski definition) is 5. The number of anilines is 1. The molecule has 140 valence electrons. The molecule has 0 fully saturated rings. The summed E-state index contributed by atoms with van der Waals surface area (Å²) in [5.74, 6) is 0.814. The molecule has 0 spiro atoms. The molecule has 1 atom stereocenters. The fraction of sp³-hybridized carbons (Fsp3) is 0.0417. The molecule has 4 nitrogen and oxygen atoms in total. The molecule has 0 saturated heterocycles. The van der Waals surface area contributed by atoms with Crippen molar-refractivity contribution in [3.63, 3.8) is 0 Å². The Morgan fingerprint density at radius 3 is 2.28 bits per heavy atom. The number of rotatable bonds is 5. The zero-order chi connectivity index (χ0) is 19.5. The van der Waals surface area contributed by atoms with E-state index >= 15 is 0 Å². The average Bonchev–Trinajstić information content (AvgIpc) is 3.24. The lowest BCUT2D eigenvalue weighted by Crippen LogP contribution is -2.15. The van der Waals surface area contributed by atoms with E-state index in [1.165, 1.54) is 0 Å². The van der Waals surface area contributed by atoms with Crippen LogP contribution in [0.15, 0.2) is 96.8 Å². The summed E-state index contributed by atoms with van der Waals surface area (Å²) in [4.78, 5) is 14.7. The van der Waals surface area contributed by atoms with E-state index in [9.17, 15) is 0 Å². The predicted octanol–water partition coefficient (Wildman–Crippen LogP) is 5.95. The highest BCUT2D eigenvalue weighted by molar-refractivity contribution is 7.17. The number of nitrogens with one attached hydrogen (secondary N) is 1. The van der Waals surface area contributed by atoms with Crippen molar-refractivity contribution in [1.29, 1.82) is 0 Å². The monoisotopic (exact) mass is 394 g/mol. The molecule has 0 radical (unpaired) electrons. The van der Waals surface area contributed by atoms with Crippen LogP contribution in [-0.4, -0.2) is 15.0 Å². The first-order chi connectivity index (χ1) is 14.4. The predicted molar refractivity (Wildman–Crippen MR) is 119 cm³/mol. The third-order valence-corrected chi connectivity index (χ3v) is 5.74. The Balaban J connectivity index is 1.64. The van der Waals surface area contributed by atoms with Crippen LogP contribution in [0.4, 0.5) is 5.82 Å². The van der Waals surface area contributed by atoms with Crippen molar-refractivity contribution in [2.24, 2.45) is 0 Å². The minimum absolute atomic E-state index is 0.112. The highest BCUT2D eigenvalue weighted by Crippen LogP contribution is 2.38. The van der Waals surface area contributed by atoms with Crippen LogP contribution in [-0.2, 0) is 0 Å². The van der Waals surface area contributed by atoms with Gasteiger partial charge in [0.2, 0.25) is 0 Å². The van der Waals surface area contributed by atoms with Crippen molar-refractivity contribution in [3.8, 4) is 11.1 Å². The van der Waals surface area contributed by atoms with Gasteiger partial charge in [-0.05, 0) is 23.3 Å². The van der Waals surface area contributed by atoms with Crippen LogP contribution in [0.3, 0.4) is 0 Å². The van der Waals surface area contributed by atoms with Crippen molar-refractivity contribution in [2.75, 3.05) is 5.32 Å². The Morgan fingerprint density at radius 2 is 1.52 bits per heavy atom. The van der Waals surface area contributed by atoms with Gasteiger partial charge in [-0.2, -0.15) is 0 Å². The van der Waals surface area contributed by atoms with E-state index in [0.717, 1.165) is 38.4 Å². The maximum atomic E-state index is 4.61. The van der Waals surface area contributed by atoms with Gasteiger partial charge in [-0.15, -0.1) is 11.3 Å². The lowest BCUT2D eigenvalue weighted by Gasteiger charge is -2.20. The summed E-state index contributed by atoms with van der Waals surface area (Å²) in [6.07, 6.45) is 3.44. The molecular weight excluding hydrogens is 376 g/mol. The quantitative estimate of drug-likeness (QED) is 0.400. The summed E-state index contributed by atoms with van der Waals surface area (Å²) in [5.41, 5.74) is 4.38. The van der Waals surface area contributed by atoms with E-state index in [1.54, 1.807) is 17.7 Å². The van der Waals surface area contributed by atoms with Gasteiger partial charge in [-0.1, -0.05) is 66.7 Å². The number of thiophene rings is 1. The Morgan fingerprint density at radius 1 is 0.759 bits per heavy atom. The molecule has 0 aliphatic heterocycles. The van der Waals surface area contributed by atoms with Crippen molar-refractivity contribution < 1.29 is 0 Å². The third-order valence-electron chi connectivity index (χ3n) is 4.85. The van der Waals surface area contributed by atoms with Crippen LogP contribution < -0.4 is 5.32 Å². The Bertz CT molecular complexity index is 1180. The molecule has 5 aromatic rings. The molecule has 0 saturated carbocycles. The second-order valence-electron chi connectivity index (χ2n) is 6.66. The summed E-state index contributed by atoms with van der Waals surface area (Å²) in [6, 6.07) is 26.6. The normalized spacial score (nSPS) is 12.0. The van der Waals surface area contributed by atoms with E-state index in [1.807, 2.05) is 48.7 Å². The molecule has 5 heteroatoms. The molecule has 3 heterocycles. The second-order valence-corrected chi connectivity index (χ2v) is 7.52. The van der Waals surface area contributed by atoms with Gasteiger partial charge in [0.25, 0.3) is 0 Å². The molecule has 1 N–H and O–H groups in total. The van der Waals surface area contributed by atoms with Crippen LogP contribution in [0.25, 0.3) is 21.3 Å². The average molecular weight is 395 g/mol. The number of nitrogens with zero attached hydrogens (tertiary/aromatic N) is 3. The van der Waals surface area contributed by atoms with E-state index in [2.05, 4.69) is 62.0 Å². The topological polar surface area (TPSA) is 50.7 Å². The maximum Gasteiger partial charge on any atom is 0.139 e. The molecule has 2 aromatic carbocycles. The van der Waals surface area contributed by atoms with Gasteiger partial charge in [-0.3, -0.25) is 4.98 Å². The van der Waals surface area contributed by atoms with Crippen molar-refractivity contribution >= 4 is 27.4 Å². The molecule has 3 aromatic heterocycles. The number of benzene rings is 2. The third kappa shape index (κ3) is 3.48. The van der Waals surface area contributed by atoms with Crippen LogP contribution >= 0.6 is 11.3 Å². The molecular formula is C24H18N4S. The largest absolute Gasteiger partial charge is 0.357 e. The van der Waals surface area contributed by atoms with Gasteiger partial charge in [0.15, 0.2) is 0 Å². The Labute approximate surface area is 172 Å². The minimum atomic E-state index is -0.112. The smallest absolute Gasteiger partial charge is 0.139 e. The van der Waals surface area contributed by atoms with Crippen LogP contribution in [0.5, 0.6) is 0 Å². The minimum Gasteiger partial charge on any atom is -0.357 e. The second kappa shape index (κ2) is 7.81. The molecule has 5 rings (SSSR count). The van der Waals surface area contributed by atoms with Gasteiger partial charge >= 0.3 is 0 Å². The molecule has 0 aliphatic rings. The van der Waals surface area contributed by atoms with E-state index in [-0.39, 0.29) is 6.04 Å². The molecule has 1 unspecified atom stereocenters. The first-order valence-electron chi connectivity index (χ1n) is 9.40. The highest BCUT2D eigenvalue weighted by Gasteiger charge is 2.19. The van der Waals surface area contributed by atoms with Gasteiger partial charge in [0.05, 0.1) is 17.1 Å². The zero-order valence-electron chi connectivity index (χ0n) is 15.6. The molecule has 0 bridgehead atoms. The maximum absolute atomic E-state index is 4.61. The number of aromatic nitrogens is 3. The summed E-state index contributed by atoms with van der Waals surface area (Å²) < 4.78 is 0. The van der Waals surface area contributed by atoms with E-state index < -0.39 is 0 Å². The van der Waals surface area contributed by atoms with E-state index in [4.69, 9.17) is 0 Å². The lowest BCUT2D eigenvalue weighted by molar-refractivity contribution is 0.879. The molecule has 0 aliphatic carbocycles. The first kappa shape index (κ1) is 17.5. The van der Waals surface area contributed by atoms with Crippen LogP contribution in [0.2, 0.25) is 0 Å². The number of hydrogen-bond donors (Lipinski definition) is 1. The fourth-order valence-electron chi connectivity index (χ4n) is 3.47. The highest BCUT2D eigenvalue weighted by atomic mass is 32.1. The van der Waals surface area contributed by atoms with Gasteiger partial charge in [-0.25, -0.2) is 9.97 Å². The summed E-state index contributed by atoms with van der Waals surface area (Å²) >= 11 is 1.63. The Hall–Kier alpha value is -3.57. The van der Waals surface area contributed by atoms with Crippen LogP contribution in [0.1, 0.15) is 17.3 Å². The van der Waals surface area contributed by atoms with Gasteiger partial charge < -0.3 is 5.32 Å². The van der Waals surface area contributed by atoms with Gasteiger partial charge in [0.1, 0.15) is 17.0 Å². The number of fused-ring (bicyclic) bond motifs is 1. The van der Waals surface area contributed by atoms with Crippen LogP contribution in [0, 0.1) is 0 Å². The summed E-state index contributed by atoms with van der Waals surface area (Å²) in [5, 5.41) is 6.84. The standard InChI is InChI=1S/C24H18N4S/c1-3-9-17(10-4-1)19-15-29-24-21(19)23(26-16-27-24)28-22(18-11-5-2-6-12-18)20-13-7-8-14-25-20/h1-16,22H,(H,26,27,28). The SMILES string of the molecule is c1ccc(-c2csc3ncnc(NC(c4ccccc4)c4ccccn4)c23)cc1. The molecule has 0 amide bonds. The zero-order valence-corrected chi connectivity index (χ0v) is 16.4. The Kier molecular flexibility index (Phi) is 4.72. The number of pyridine rings is 1. The van der Waals surface area contributed by atoms with Gasteiger partial charge in [0, 0.05) is 17.1 Å². The van der Waals surface area contributed by atoms with Crippen molar-refractivity contribution in [1.82, 2.24) is 15.0 Å². The fourth-order valence-corrected chi connectivity index (χ4v) is 4.39. The van der Waals surface area contributed by atoms with Crippen molar-refractivity contribution in [2.45, 2.75) is 6.04 Å². The lowest BCUT2D eigenvalue weighted by atomic mass is 10.0.